The first kappa shape index (κ1) is 30.9. The predicted molar refractivity (Wildman–Crippen MR) is 131 cm³/mol. The number of ether oxygens (including phenoxy) is 3. The van der Waals surface area contributed by atoms with Crippen LogP contribution in [0.4, 0.5) is 26.7 Å². The number of pyridine rings is 1. The molecule has 0 bridgehead atoms. The maximum Gasteiger partial charge on any atom is 0.573 e. The van der Waals surface area contributed by atoms with Crippen molar-refractivity contribution in [2.75, 3.05) is 19.7 Å². The molecule has 0 aromatic carbocycles. The molecule has 222 valence electrons. The van der Waals surface area contributed by atoms with E-state index in [0.29, 0.717) is 10.2 Å². The van der Waals surface area contributed by atoms with Gasteiger partial charge in [0.05, 0.1) is 11.6 Å². The zero-order valence-electron chi connectivity index (χ0n) is 22.7. The zero-order chi connectivity index (χ0) is 29.9. The van der Waals surface area contributed by atoms with Crippen LogP contribution in [0.3, 0.4) is 0 Å². The van der Waals surface area contributed by atoms with Gasteiger partial charge in [-0.15, -0.1) is 13.2 Å². The molecule has 3 rings (SSSR count). The molecule has 2 unspecified atom stereocenters. The topological polar surface area (TPSA) is 108 Å². The van der Waals surface area contributed by atoms with Gasteiger partial charge in [0.2, 0.25) is 5.91 Å². The van der Waals surface area contributed by atoms with Gasteiger partial charge in [-0.1, -0.05) is 0 Å². The highest BCUT2D eigenvalue weighted by Gasteiger charge is 2.39. The Morgan fingerprint density at radius 3 is 2.48 bits per heavy atom. The van der Waals surface area contributed by atoms with Gasteiger partial charge in [-0.05, 0) is 58.7 Å². The van der Waals surface area contributed by atoms with Crippen LogP contribution in [0.1, 0.15) is 59.1 Å². The average Bonchev–Trinajstić information content (AvgIpc) is 3.32. The van der Waals surface area contributed by atoms with E-state index in [0.717, 1.165) is 12.3 Å². The predicted octanol–water partition coefficient (Wildman–Crippen LogP) is 4.89. The maximum atomic E-state index is 13.3. The number of nitrogens with zero attached hydrogens (tertiary/aromatic N) is 4. The Hall–Kier alpha value is -3.65. The van der Waals surface area contributed by atoms with Gasteiger partial charge in [0.25, 0.3) is 5.88 Å². The number of hydrogen-bond acceptors (Lipinski definition) is 7. The molecule has 1 N–H and O–H groups in total. The molecule has 2 aromatic heterocycles. The molecular formula is C25H32F5N5O5. The summed E-state index contributed by atoms with van der Waals surface area (Å²) in [7, 11) is 0. The summed E-state index contributed by atoms with van der Waals surface area (Å²) in [6, 6.07) is 1.69. The lowest BCUT2D eigenvalue weighted by Crippen LogP contribution is -2.54. The van der Waals surface area contributed by atoms with Crippen LogP contribution in [0.15, 0.2) is 30.7 Å². The van der Waals surface area contributed by atoms with Gasteiger partial charge in [-0.2, -0.15) is 13.9 Å². The number of carbonyl (C=O) groups is 2. The number of piperidine rings is 1. The zero-order valence-corrected chi connectivity index (χ0v) is 22.7. The second-order valence-electron chi connectivity index (χ2n) is 11.0. The minimum atomic E-state index is -4.96. The summed E-state index contributed by atoms with van der Waals surface area (Å²) in [4.78, 5) is 31.2. The number of halogens is 5. The van der Waals surface area contributed by atoms with E-state index in [4.69, 9.17) is 9.47 Å². The van der Waals surface area contributed by atoms with E-state index in [1.807, 2.05) is 0 Å². The first-order valence-corrected chi connectivity index (χ1v) is 12.4. The molecule has 15 heteroatoms. The lowest BCUT2D eigenvalue weighted by atomic mass is 9.85. The van der Waals surface area contributed by atoms with Crippen molar-refractivity contribution in [3.05, 3.63) is 36.3 Å². The number of alkyl halides is 5. The summed E-state index contributed by atoms with van der Waals surface area (Å²) in [6.07, 6.45) is -1.64. The number of nitrogens with one attached hydrogen (secondary N) is 1. The largest absolute Gasteiger partial charge is 0.573 e. The Morgan fingerprint density at radius 2 is 1.88 bits per heavy atom. The summed E-state index contributed by atoms with van der Waals surface area (Å²) < 4.78 is 79.8. The number of aromatic nitrogens is 3. The van der Waals surface area contributed by atoms with Crippen LogP contribution in [0.25, 0.3) is 0 Å². The molecule has 1 aliphatic rings. The quantitative estimate of drug-likeness (QED) is 0.446. The second kappa shape index (κ2) is 11.8. The molecule has 10 nitrogen and oxygen atoms in total. The van der Waals surface area contributed by atoms with Crippen LogP contribution in [0, 0.1) is 5.41 Å². The van der Waals surface area contributed by atoms with Crippen LogP contribution in [-0.4, -0.2) is 69.4 Å². The summed E-state index contributed by atoms with van der Waals surface area (Å²) >= 11 is 0. The van der Waals surface area contributed by atoms with E-state index in [2.05, 4.69) is 20.1 Å². The molecule has 1 fully saturated rings. The Kier molecular flexibility index (Phi) is 9.14. The minimum absolute atomic E-state index is 0.0673. The van der Waals surface area contributed by atoms with E-state index in [1.165, 1.54) is 37.2 Å². The van der Waals surface area contributed by atoms with E-state index >= 15 is 0 Å². The van der Waals surface area contributed by atoms with Crippen molar-refractivity contribution in [1.29, 1.82) is 0 Å². The van der Waals surface area contributed by atoms with Crippen LogP contribution in [-0.2, 0) is 9.53 Å². The minimum Gasteiger partial charge on any atom is -0.474 e. The SMILES string of the molecule is CC(C)(C)OC(=O)N1CCC(NC(=O)C(C)(C)COc2ncccc2OC(F)(F)F)C(c2cnn(C(F)F)c2)C1. The van der Waals surface area contributed by atoms with E-state index < -0.39 is 59.5 Å². The Bertz CT molecular complexity index is 1180. The van der Waals surface area contributed by atoms with Gasteiger partial charge < -0.3 is 24.4 Å². The lowest BCUT2D eigenvalue weighted by molar-refractivity contribution is -0.275. The Morgan fingerprint density at radius 1 is 1.18 bits per heavy atom. The number of amides is 2. The highest BCUT2D eigenvalue weighted by Crippen LogP contribution is 2.33. The van der Waals surface area contributed by atoms with Crippen LogP contribution in [0.2, 0.25) is 0 Å². The lowest BCUT2D eigenvalue weighted by Gasteiger charge is -2.40. The fourth-order valence-electron chi connectivity index (χ4n) is 3.97. The van der Waals surface area contributed by atoms with Crippen molar-refractivity contribution in [2.45, 2.75) is 71.5 Å². The number of hydrogen-bond donors (Lipinski definition) is 1. The van der Waals surface area contributed by atoms with Crippen molar-refractivity contribution in [1.82, 2.24) is 25.0 Å². The summed E-state index contributed by atoms with van der Waals surface area (Å²) in [5.41, 5.74) is -1.62. The molecule has 40 heavy (non-hydrogen) atoms. The fourth-order valence-corrected chi connectivity index (χ4v) is 3.97. The molecule has 0 aliphatic carbocycles. The van der Waals surface area contributed by atoms with E-state index in [-0.39, 0.29) is 26.1 Å². The molecule has 3 heterocycles. The molecular weight excluding hydrogens is 545 g/mol. The monoisotopic (exact) mass is 577 g/mol. The molecule has 2 atom stereocenters. The third-order valence-corrected chi connectivity index (χ3v) is 5.98. The van der Waals surface area contributed by atoms with Gasteiger partial charge >= 0.3 is 19.0 Å². The normalized spacial score (nSPS) is 18.4. The van der Waals surface area contributed by atoms with Gasteiger partial charge in [0.1, 0.15) is 12.2 Å². The molecule has 1 aliphatic heterocycles. The first-order valence-electron chi connectivity index (χ1n) is 12.4. The molecule has 0 saturated carbocycles. The molecule has 2 aromatic rings. The van der Waals surface area contributed by atoms with Crippen molar-refractivity contribution in [3.63, 3.8) is 0 Å². The fraction of sp³-hybridized carbons (Fsp3) is 0.600. The number of likely N-dealkylation sites (tertiary alicyclic amines) is 1. The highest BCUT2D eigenvalue weighted by atomic mass is 19.4. The Labute approximate surface area is 227 Å². The maximum absolute atomic E-state index is 13.3. The molecule has 0 radical (unpaired) electrons. The summed E-state index contributed by atoms with van der Waals surface area (Å²) in [6.45, 7) is 5.26. The van der Waals surface area contributed by atoms with Gasteiger partial charge in [-0.3, -0.25) is 4.79 Å². The molecule has 1 saturated heterocycles. The summed E-state index contributed by atoms with van der Waals surface area (Å²) in [5.74, 6) is -2.21. The van der Waals surface area contributed by atoms with Crippen LogP contribution < -0.4 is 14.8 Å². The van der Waals surface area contributed by atoms with Gasteiger partial charge in [-0.25, -0.2) is 14.5 Å². The van der Waals surface area contributed by atoms with Gasteiger partial charge in [0.15, 0.2) is 5.75 Å². The van der Waals surface area contributed by atoms with Crippen molar-refractivity contribution < 1.29 is 45.8 Å². The smallest absolute Gasteiger partial charge is 0.474 e. The molecule has 0 spiro atoms. The summed E-state index contributed by atoms with van der Waals surface area (Å²) in [5, 5.41) is 6.57. The third kappa shape index (κ3) is 8.42. The van der Waals surface area contributed by atoms with Crippen molar-refractivity contribution in [3.8, 4) is 11.6 Å². The van der Waals surface area contributed by atoms with Crippen LogP contribution in [0.5, 0.6) is 11.6 Å². The van der Waals surface area contributed by atoms with E-state index in [9.17, 15) is 31.5 Å². The number of rotatable bonds is 8. The van der Waals surface area contributed by atoms with Crippen LogP contribution >= 0.6 is 0 Å². The van der Waals surface area contributed by atoms with Crippen molar-refractivity contribution >= 4 is 12.0 Å². The highest BCUT2D eigenvalue weighted by molar-refractivity contribution is 5.82. The Balaban J connectivity index is 1.74. The first-order chi connectivity index (χ1) is 18.4. The molecule has 2 amide bonds. The number of carbonyl (C=O) groups excluding carboxylic acids is 2. The van der Waals surface area contributed by atoms with Gasteiger partial charge in [0, 0.05) is 37.4 Å². The average molecular weight is 578 g/mol. The van der Waals surface area contributed by atoms with Crippen molar-refractivity contribution in [2.24, 2.45) is 5.41 Å². The second-order valence-corrected chi connectivity index (χ2v) is 11.0. The standard InChI is InChI=1S/C25H32F5N5O5/c1-23(2,3)40-22(37)34-10-8-17(16(13-34)15-11-32-35(12-15)21(26)27)33-20(36)24(4,5)14-38-19-18(7-6-9-31-19)39-25(28,29)30/h6-7,9,11-12,16-17,21H,8,10,13-14H2,1-5H3,(H,33,36). The third-order valence-electron chi connectivity index (χ3n) is 5.98. The van der Waals surface area contributed by atoms with E-state index in [1.54, 1.807) is 20.8 Å².